The van der Waals surface area contributed by atoms with Gasteiger partial charge in [-0.1, -0.05) is 12.1 Å². The van der Waals surface area contributed by atoms with Gasteiger partial charge in [-0.15, -0.1) is 0 Å². The zero-order valence-electron chi connectivity index (χ0n) is 12.2. The number of nitrogens with zero attached hydrogens (tertiary/aromatic N) is 2. The predicted molar refractivity (Wildman–Crippen MR) is 90.2 cm³/mol. The summed E-state index contributed by atoms with van der Waals surface area (Å²) >= 11 is 0. The lowest BCUT2D eigenvalue weighted by Gasteiger charge is -2.15. The standard InChI is InChI=1S/C17H18N4/c1-21(2)15-5-3-4-14(11-15)20-17-16-10-13(18)7-6-12(16)8-9-19-17/h3-11H,18H2,1-2H3,(H,19,20). The highest BCUT2D eigenvalue weighted by molar-refractivity contribution is 5.95. The summed E-state index contributed by atoms with van der Waals surface area (Å²) in [4.78, 5) is 6.51. The molecule has 0 fully saturated rings. The Morgan fingerprint density at radius 3 is 2.71 bits per heavy atom. The van der Waals surface area contributed by atoms with Gasteiger partial charge in [0.1, 0.15) is 5.82 Å². The van der Waals surface area contributed by atoms with Crippen molar-refractivity contribution in [3.63, 3.8) is 0 Å². The van der Waals surface area contributed by atoms with Gasteiger partial charge in [0.15, 0.2) is 0 Å². The molecule has 0 aliphatic heterocycles. The van der Waals surface area contributed by atoms with E-state index in [4.69, 9.17) is 5.73 Å². The quantitative estimate of drug-likeness (QED) is 0.718. The van der Waals surface area contributed by atoms with E-state index in [2.05, 4.69) is 27.3 Å². The van der Waals surface area contributed by atoms with E-state index in [1.165, 1.54) is 0 Å². The molecule has 4 nitrogen and oxygen atoms in total. The van der Waals surface area contributed by atoms with Crippen LogP contribution < -0.4 is 16.0 Å². The van der Waals surface area contributed by atoms with Gasteiger partial charge in [0.2, 0.25) is 0 Å². The molecule has 4 heteroatoms. The summed E-state index contributed by atoms with van der Waals surface area (Å²) in [7, 11) is 4.05. The van der Waals surface area contributed by atoms with Crippen LogP contribution in [0.1, 0.15) is 0 Å². The molecule has 21 heavy (non-hydrogen) atoms. The lowest BCUT2D eigenvalue weighted by Crippen LogP contribution is -2.08. The number of rotatable bonds is 3. The molecule has 0 saturated heterocycles. The Kier molecular flexibility index (Phi) is 3.36. The SMILES string of the molecule is CN(C)c1cccc(Nc2nccc3ccc(N)cc23)c1. The highest BCUT2D eigenvalue weighted by Gasteiger charge is 2.04. The van der Waals surface area contributed by atoms with Gasteiger partial charge in [-0.05, 0) is 41.8 Å². The predicted octanol–water partition coefficient (Wildman–Crippen LogP) is 3.63. The molecule has 1 heterocycles. The van der Waals surface area contributed by atoms with Crippen molar-refractivity contribution in [2.75, 3.05) is 30.0 Å². The van der Waals surface area contributed by atoms with Crippen LogP contribution in [0.5, 0.6) is 0 Å². The number of nitrogens with two attached hydrogens (primary N) is 1. The van der Waals surface area contributed by atoms with E-state index < -0.39 is 0 Å². The summed E-state index contributed by atoms with van der Waals surface area (Å²) in [6, 6.07) is 16.0. The molecule has 1 aromatic heterocycles. The first-order valence-corrected chi connectivity index (χ1v) is 6.82. The third kappa shape index (κ3) is 2.74. The van der Waals surface area contributed by atoms with Crippen molar-refractivity contribution in [3.8, 4) is 0 Å². The molecule has 0 aliphatic rings. The molecule has 2 aromatic carbocycles. The summed E-state index contributed by atoms with van der Waals surface area (Å²) < 4.78 is 0. The van der Waals surface area contributed by atoms with Gasteiger partial charge in [0, 0.05) is 42.7 Å². The molecule has 3 rings (SSSR count). The maximum atomic E-state index is 5.89. The third-order valence-corrected chi connectivity index (χ3v) is 3.42. The molecule has 0 radical (unpaired) electrons. The average Bonchev–Trinajstić information content (AvgIpc) is 2.48. The summed E-state index contributed by atoms with van der Waals surface area (Å²) in [6.45, 7) is 0. The first kappa shape index (κ1) is 13.2. The molecule has 0 unspecified atom stereocenters. The van der Waals surface area contributed by atoms with Crippen molar-refractivity contribution >= 4 is 33.7 Å². The second kappa shape index (κ2) is 5.32. The lowest BCUT2D eigenvalue weighted by atomic mass is 10.1. The number of nitrogen functional groups attached to an aromatic ring is 1. The van der Waals surface area contributed by atoms with Crippen molar-refractivity contribution in [3.05, 3.63) is 54.7 Å². The number of fused-ring (bicyclic) bond motifs is 1. The van der Waals surface area contributed by atoms with Gasteiger partial charge in [-0.25, -0.2) is 4.98 Å². The van der Waals surface area contributed by atoms with Crippen molar-refractivity contribution in [1.29, 1.82) is 0 Å². The fourth-order valence-electron chi connectivity index (χ4n) is 2.28. The molecule has 0 aliphatic carbocycles. The Morgan fingerprint density at radius 1 is 1.05 bits per heavy atom. The topological polar surface area (TPSA) is 54.2 Å². The first-order valence-electron chi connectivity index (χ1n) is 6.82. The molecule has 0 amide bonds. The van der Waals surface area contributed by atoms with Gasteiger partial charge < -0.3 is 16.0 Å². The number of pyridine rings is 1. The number of hydrogen-bond acceptors (Lipinski definition) is 4. The van der Waals surface area contributed by atoms with Crippen LogP contribution in [0.15, 0.2) is 54.7 Å². The first-order chi connectivity index (χ1) is 10.1. The Hall–Kier alpha value is -2.75. The normalized spacial score (nSPS) is 10.6. The highest BCUT2D eigenvalue weighted by Crippen LogP contribution is 2.27. The van der Waals surface area contributed by atoms with Crippen LogP contribution in [0.25, 0.3) is 10.8 Å². The summed E-state index contributed by atoms with van der Waals surface area (Å²) in [6.07, 6.45) is 1.80. The maximum absolute atomic E-state index is 5.89. The van der Waals surface area contributed by atoms with Crippen LogP contribution in [0.3, 0.4) is 0 Å². The highest BCUT2D eigenvalue weighted by atomic mass is 15.1. The van der Waals surface area contributed by atoms with Crippen LogP contribution in [0.2, 0.25) is 0 Å². The molecular weight excluding hydrogens is 260 g/mol. The van der Waals surface area contributed by atoms with Crippen molar-refractivity contribution in [2.45, 2.75) is 0 Å². The zero-order valence-corrected chi connectivity index (χ0v) is 12.2. The average molecular weight is 278 g/mol. The minimum absolute atomic E-state index is 0.737. The maximum Gasteiger partial charge on any atom is 0.138 e. The van der Waals surface area contributed by atoms with Crippen LogP contribution in [0, 0.1) is 0 Å². The second-order valence-electron chi connectivity index (χ2n) is 5.21. The number of nitrogens with one attached hydrogen (secondary N) is 1. The van der Waals surface area contributed by atoms with E-state index in [0.29, 0.717) is 0 Å². The van der Waals surface area contributed by atoms with Crippen LogP contribution >= 0.6 is 0 Å². The van der Waals surface area contributed by atoms with Crippen LogP contribution in [-0.4, -0.2) is 19.1 Å². The van der Waals surface area contributed by atoms with Gasteiger partial charge in [-0.3, -0.25) is 0 Å². The number of hydrogen-bond donors (Lipinski definition) is 2. The minimum Gasteiger partial charge on any atom is -0.399 e. The molecule has 3 N–H and O–H groups in total. The Balaban J connectivity index is 2.02. The largest absolute Gasteiger partial charge is 0.399 e. The number of benzene rings is 2. The molecular formula is C17H18N4. The van der Waals surface area contributed by atoms with Crippen molar-refractivity contribution < 1.29 is 0 Å². The zero-order chi connectivity index (χ0) is 14.8. The van der Waals surface area contributed by atoms with E-state index in [0.717, 1.165) is 33.7 Å². The minimum atomic E-state index is 0.737. The van der Waals surface area contributed by atoms with E-state index >= 15 is 0 Å². The summed E-state index contributed by atoms with van der Waals surface area (Å²) in [5.41, 5.74) is 8.77. The van der Waals surface area contributed by atoms with Crippen LogP contribution in [0.4, 0.5) is 22.9 Å². The smallest absolute Gasteiger partial charge is 0.138 e. The van der Waals surface area contributed by atoms with Gasteiger partial charge in [0.25, 0.3) is 0 Å². The fourth-order valence-corrected chi connectivity index (χ4v) is 2.28. The molecule has 0 saturated carbocycles. The van der Waals surface area contributed by atoms with Crippen molar-refractivity contribution in [2.24, 2.45) is 0 Å². The van der Waals surface area contributed by atoms with E-state index in [-0.39, 0.29) is 0 Å². The van der Waals surface area contributed by atoms with E-state index in [9.17, 15) is 0 Å². The molecule has 106 valence electrons. The van der Waals surface area contributed by atoms with E-state index in [1.807, 2.05) is 50.5 Å². The van der Waals surface area contributed by atoms with Gasteiger partial charge in [-0.2, -0.15) is 0 Å². The molecule has 0 spiro atoms. The number of aromatic nitrogens is 1. The third-order valence-electron chi connectivity index (χ3n) is 3.42. The Labute approximate surface area is 124 Å². The van der Waals surface area contributed by atoms with Crippen LogP contribution in [-0.2, 0) is 0 Å². The number of anilines is 4. The monoisotopic (exact) mass is 278 g/mol. The van der Waals surface area contributed by atoms with Gasteiger partial charge in [0.05, 0.1) is 0 Å². The fraction of sp³-hybridized carbons (Fsp3) is 0.118. The summed E-state index contributed by atoms with van der Waals surface area (Å²) in [5.74, 6) is 0.815. The Bertz CT molecular complexity index is 781. The summed E-state index contributed by atoms with van der Waals surface area (Å²) in [5, 5.41) is 5.51. The molecule has 3 aromatic rings. The lowest BCUT2D eigenvalue weighted by molar-refractivity contribution is 1.13. The van der Waals surface area contributed by atoms with Crippen molar-refractivity contribution in [1.82, 2.24) is 4.98 Å². The molecule has 0 atom stereocenters. The molecule has 0 bridgehead atoms. The van der Waals surface area contributed by atoms with E-state index in [1.54, 1.807) is 6.20 Å². The Morgan fingerprint density at radius 2 is 1.90 bits per heavy atom. The van der Waals surface area contributed by atoms with Gasteiger partial charge >= 0.3 is 0 Å². The second-order valence-corrected chi connectivity index (χ2v) is 5.21.